The lowest BCUT2D eigenvalue weighted by molar-refractivity contribution is -0.123. The topological polar surface area (TPSA) is 136 Å². The molecule has 1 heterocycles. The third-order valence-electron chi connectivity index (χ3n) is 5.25. The molecular weight excluding hydrogens is 488 g/mol. The van der Waals surface area contributed by atoms with E-state index in [0.29, 0.717) is 29.3 Å². The molecule has 0 radical (unpaired) electrons. The zero-order valence-corrected chi connectivity index (χ0v) is 21.0. The van der Waals surface area contributed by atoms with Crippen LogP contribution < -0.4 is 24.5 Å². The van der Waals surface area contributed by atoms with Crippen molar-refractivity contribution in [2.75, 3.05) is 44.0 Å². The van der Waals surface area contributed by atoms with Crippen molar-refractivity contribution in [2.24, 2.45) is 5.10 Å². The normalized spacial score (nSPS) is 15.4. The molecule has 0 aromatic heterocycles. The molecule has 1 aliphatic heterocycles. The minimum Gasteiger partial charge on any atom is -0.497 e. The summed E-state index contributed by atoms with van der Waals surface area (Å²) >= 11 is 0. The van der Waals surface area contributed by atoms with Gasteiger partial charge >= 0.3 is 0 Å². The summed E-state index contributed by atoms with van der Waals surface area (Å²) in [7, 11) is -2.20. The van der Waals surface area contributed by atoms with Crippen LogP contribution in [0.3, 0.4) is 0 Å². The molecule has 2 amide bonds. The molecule has 0 bridgehead atoms. The first-order valence-electron chi connectivity index (χ1n) is 11.3. The fourth-order valence-electron chi connectivity index (χ4n) is 3.38. The molecule has 0 aliphatic carbocycles. The lowest BCUT2D eigenvalue weighted by Crippen LogP contribution is -2.39. The van der Waals surface area contributed by atoms with Crippen LogP contribution in [0.25, 0.3) is 0 Å². The predicted octanol–water partition coefficient (Wildman–Crippen LogP) is 1.29. The molecule has 0 unspecified atom stereocenters. The van der Waals surface area contributed by atoms with Crippen molar-refractivity contribution in [1.82, 2.24) is 10.7 Å². The van der Waals surface area contributed by atoms with Crippen molar-refractivity contribution in [2.45, 2.75) is 18.9 Å². The van der Waals surface area contributed by atoms with Gasteiger partial charge in [-0.2, -0.15) is 5.10 Å². The minimum atomic E-state index is -3.70. The minimum absolute atomic E-state index is 0.0740. The van der Waals surface area contributed by atoms with Gasteiger partial charge in [0.25, 0.3) is 11.8 Å². The summed E-state index contributed by atoms with van der Waals surface area (Å²) in [4.78, 5) is 24.2. The first kappa shape index (κ1) is 27.0. The van der Waals surface area contributed by atoms with Crippen LogP contribution in [0.2, 0.25) is 0 Å². The molecule has 2 aromatic carbocycles. The molecule has 12 heteroatoms. The van der Waals surface area contributed by atoms with Gasteiger partial charge in [0.05, 0.1) is 31.4 Å². The lowest BCUT2D eigenvalue weighted by Gasteiger charge is -2.21. The number of amides is 2. The molecule has 36 heavy (non-hydrogen) atoms. The van der Waals surface area contributed by atoms with Crippen molar-refractivity contribution in [3.8, 4) is 11.5 Å². The van der Waals surface area contributed by atoms with Gasteiger partial charge < -0.3 is 19.5 Å². The number of benzene rings is 2. The van der Waals surface area contributed by atoms with Gasteiger partial charge in [-0.3, -0.25) is 13.9 Å². The fraction of sp³-hybridized carbons (Fsp3) is 0.375. The Morgan fingerprint density at radius 1 is 1.11 bits per heavy atom. The SMILES string of the molecule is COc1ccc(N(CC(=O)N/N=C\c2ccc(OCC(=O)NC[C@H]3CCCO3)cc2)S(C)(=O)=O)cc1. The summed E-state index contributed by atoms with van der Waals surface area (Å²) in [5.74, 6) is 0.236. The largest absolute Gasteiger partial charge is 0.497 e. The predicted molar refractivity (Wildman–Crippen MR) is 135 cm³/mol. The third kappa shape index (κ3) is 8.54. The van der Waals surface area contributed by atoms with E-state index >= 15 is 0 Å². The van der Waals surface area contributed by atoms with E-state index in [-0.39, 0.29) is 18.6 Å². The van der Waals surface area contributed by atoms with E-state index in [4.69, 9.17) is 14.2 Å². The molecule has 2 N–H and O–H groups in total. The van der Waals surface area contributed by atoms with E-state index in [9.17, 15) is 18.0 Å². The summed E-state index contributed by atoms with van der Waals surface area (Å²) in [6.07, 6.45) is 4.46. The Kier molecular flexibility index (Phi) is 9.65. The number of nitrogens with zero attached hydrogens (tertiary/aromatic N) is 2. The molecule has 0 spiro atoms. The van der Waals surface area contributed by atoms with E-state index < -0.39 is 22.5 Å². The van der Waals surface area contributed by atoms with Crippen molar-refractivity contribution < 1.29 is 32.2 Å². The van der Waals surface area contributed by atoms with Crippen molar-refractivity contribution in [3.63, 3.8) is 0 Å². The van der Waals surface area contributed by atoms with Crippen LogP contribution in [0.15, 0.2) is 53.6 Å². The van der Waals surface area contributed by atoms with Gasteiger partial charge in [-0.15, -0.1) is 0 Å². The molecule has 11 nitrogen and oxygen atoms in total. The maximum Gasteiger partial charge on any atom is 0.260 e. The zero-order chi connectivity index (χ0) is 26.0. The van der Waals surface area contributed by atoms with Crippen LogP contribution in [0.1, 0.15) is 18.4 Å². The molecule has 1 atom stereocenters. The van der Waals surface area contributed by atoms with Gasteiger partial charge in [-0.25, -0.2) is 13.8 Å². The second-order valence-electron chi connectivity index (χ2n) is 8.06. The first-order chi connectivity index (χ1) is 17.2. The lowest BCUT2D eigenvalue weighted by atomic mass is 10.2. The van der Waals surface area contributed by atoms with Crippen molar-refractivity contribution in [1.29, 1.82) is 0 Å². The Hall–Kier alpha value is -3.64. The quantitative estimate of drug-likeness (QED) is 0.319. The summed E-state index contributed by atoms with van der Waals surface area (Å²) in [5, 5.41) is 6.67. The highest BCUT2D eigenvalue weighted by atomic mass is 32.2. The monoisotopic (exact) mass is 518 g/mol. The van der Waals surface area contributed by atoms with Crippen LogP contribution in [0, 0.1) is 0 Å². The highest BCUT2D eigenvalue weighted by Gasteiger charge is 2.21. The molecular formula is C24H30N4O7S. The Bertz CT molecular complexity index is 1150. The van der Waals surface area contributed by atoms with Gasteiger partial charge in [0.2, 0.25) is 10.0 Å². The number of hydrazone groups is 1. The van der Waals surface area contributed by atoms with Crippen molar-refractivity contribution in [3.05, 3.63) is 54.1 Å². The molecule has 0 saturated carbocycles. The van der Waals surface area contributed by atoms with Gasteiger partial charge in [0, 0.05) is 13.2 Å². The molecule has 1 saturated heterocycles. The number of nitrogens with one attached hydrogen (secondary N) is 2. The maximum atomic E-state index is 12.3. The van der Waals surface area contributed by atoms with Crippen LogP contribution in [-0.2, 0) is 24.3 Å². The highest BCUT2D eigenvalue weighted by Crippen LogP contribution is 2.21. The first-order valence-corrected chi connectivity index (χ1v) is 13.1. The van der Waals surface area contributed by atoms with E-state index in [1.165, 1.54) is 13.3 Å². The highest BCUT2D eigenvalue weighted by molar-refractivity contribution is 7.92. The maximum absolute atomic E-state index is 12.3. The van der Waals surface area contributed by atoms with E-state index in [0.717, 1.165) is 30.0 Å². The number of ether oxygens (including phenoxy) is 3. The second kappa shape index (κ2) is 12.9. The molecule has 3 rings (SSSR count). The van der Waals surface area contributed by atoms with Gasteiger partial charge in [-0.05, 0) is 66.9 Å². The number of carbonyl (C=O) groups is 2. The van der Waals surface area contributed by atoms with E-state index in [1.54, 1.807) is 48.5 Å². The van der Waals surface area contributed by atoms with Crippen molar-refractivity contribution >= 4 is 33.7 Å². The Morgan fingerprint density at radius 3 is 2.42 bits per heavy atom. The second-order valence-corrected chi connectivity index (χ2v) is 9.96. The number of hydrogen-bond acceptors (Lipinski definition) is 8. The Balaban J connectivity index is 1.45. The number of methoxy groups -OCH3 is 1. The molecule has 1 aliphatic rings. The molecule has 194 valence electrons. The average Bonchev–Trinajstić information content (AvgIpc) is 3.39. The number of anilines is 1. The number of hydrogen-bond donors (Lipinski definition) is 2. The van der Waals surface area contributed by atoms with Crippen LogP contribution >= 0.6 is 0 Å². The van der Waals surface area contributed by atoms with Crippen LogP contribution in [0.4, 0.5) is 5.69 Å². The Labute approximate surface area is 210 Å². The smallest absolute Gasteiger partial charge is 0.260 e. The summed E-state index contributed by atoms with van der Waals surface area (Å²) in [6, 6.07) is 13.1. The number of carbonyl (C=O) groups excluding carboxylic acids is 2. The van der Waals surface area contributed by atoms with E-state index in [2.05, 4.69) is 15.8 Å². The van der Waals surface area contributed by atoms with E-state index in [1.807, 2.05) is 0 Å². The van der Waals surface area contributed by atoms with Crippen LogP contribution in [0.5, 0.6) is 11.5 Å². The fourth-order valence-corrected chi connectivity index (χ4v) is 4.23. The third-order valence-corrected chi connectivity index (χ3v) is 6.39. The molecule has 1 fully saturated rings. The van der Waals surface area contributed by atoms with Crippen LogP contribution in [-0.4, -0.2) is 72.2 Å². The Morgan fingerprint density at radius 2 is 1.81 bits per heavy atom. The molecule has 2 aromatic rings. The average molecular weight is 519 g/mol. The summed E-state index contributed by atoms with van der Waals surface area (Å²) in [5.41, 5.74) is 3.32. The number of rotatable bonds is 12. The summed E-state index contributed by atoms with van der Waals surface area (Å²) < 4.78 is 41.3. The zero-order valence-electron chi connectivity index (χ0n) is 20.2. The summed E-state index contributed by atoms with van der Waals surface area (Å²) in [6.45, 7) is 0.663. The van der Waals surface area contributed by atoms with Gasteiger partial charge in [0.15, 0.2) is 6.61 Å². The van der Waals surface area contributed by atoms with Gasteiger partial charge in [0.1, 0.15) is 18.0 Å². The van der Waals surface area contributed by atoms with Gasteiger partial charge in [-0.1, -0.05) is 0 Å². The standard InChI is InChI=1S/C24H30N4O7S/c1-33-20-11-7-19(8-12-20)28(36(2,31)32)16-23(29)27-26-14-18-5-9-21(10-6-18)35-17-24(30)25-15-22-4-3-13-34-22/h5-12,14,22H,3-4,13,15-17H2,1-2H3,(H,25,30)(H,27,29)/b26-14-/t22-/m1/s1. The number of sulfonamides is 1.